The molecule has 0 saturated carbocycles. The third-order valence-electron chi connectivity index (χ3n) is 5.58. The van der Waals surface area contributed by atoms with Crippen molar-refractivity contribution in [1.82, 2.24) is 4.90 Å². The second kappa shape index (κ2) is 10.2. The lowest BCUT2D eigenvalue weighted by Crippen LogP contribution is -2.50. The summed E-state index contributed by atoms with van der Waals surface area (Å²) in [6, 6.07) is 11.1. The molecule has 3 rings (SSSR count). The number of benzene rings is 2. The number of methoxy groups -OCH3 is 1. The van der Waals surface area contributed by atoms with Crippen LogP contribution in [0.1, 0.15) is 28.4 Å². The van der Waals surface area contributed by atoms with Gasteiger partial charge >= 0.3 is 5.97 Å². The zero-order valence-corrected chi connectivity index (χ0v) is 18.6. The Bertz CT molecular complexity index is 936. The summed E-state index contributed by atoms with van der Waals surface area (Å²) < 4.78 is 16.0. The number of hydrogen-bond acceptors (Lipinski definition) is 6. The van der Waals surface area contributed by atoms with Crippen LogP contribution in [0.2, 0.25) is 0 Å². The molecule has 0 radical (unpaired) electrons. The summed E-state index contributed by atoms with van der Waals surface area (Å²) in [7, 11) is 1.51. The van der Waals surface area contributed by atoms with Gasteiger partial charge in [0, 0.05) is 31.9 Å². The van der Waals surface area contributed by atoms with Gasteiger partial charge in [-0.2, -0.15) is 0 Å². The van der Waals surface area contributed by atoms with Crippen LogP contribution in [-0.4, -0.2) is 63.3 Å². The summed E-state index contributed by atoms with van der Waals surface area (Å²) in [5.74, 6) is 0.250. The minimum absolute atomic E-state index is 0.188. The van der Waals surface area contributed by atoms with Crippen LogP contribution in [0.3, 0.4) is 0 Å². The molecule has 1 fully saturated rings. The van der Waals surface area contributed by atoms with Crippen LogP contribution >= 0.6 is 0 Å². The van der Waals surface area contributed by atoms with Gasteiger partial charge in [0.2, 0.25) is 0 Å². The van der Waals surface area contributed by atoms with Gasteiger partial charge in [-0.05, 0) is 56.2 Å². The molecule has 0 bridgehead atoms. The van der Waals surface area contributed by atoms with E-state index in [9.17, 15) is 9.59 Å². The van der Waals surface area contributed by atoms with Gasteiger partial charge in [0.25, 0.3) is 5.91 Å². The van der Waals surface area contributed by atoms with Crippen molar-refractivity contribution in [3.63, 3.8) is 0 Å². The van der Waals surface area contributed by atoms with Crippen molar-refractivity contribution in [1.29, 1.82) is 0 Å². The fourth-order valence-electron chi connectivity index (χ4n) is 3.65. The lowest BCUT2D eigenvalue weighted by Gasteiger charge is -2.37. The Morgan fingerprint density at radius 1 is 1.00 bits per heavy atom. The number of amides is 1. The van der Waals surface area contributed by atoms with Crippen LogP contribution in [-0.2, 0) is 9.53 Å². The highest BCUT2D eigenvalue weighted by atomic mass is 16.5. The number of aryl methyl sites for hydroxylation is 1. The predicted molar refractivity (Wildman–Crippen MR) is 119 cm³/mol. The topological polar surface area (TPSA) is 68.3 Å². The van der Waals surface area contributed by atoms with E-state index in [1.165, 1.54) is 23.9 Å². The Labute approximate surface area is 183 Å². The number of hydrogen-bond donors (Lipinski definition) is 0. The van der Waals surface area contributed by atoms with Crippen molar-refractivity contribution < 1.29 is 23.8 Å². The number of ether oxygens (including phenoxy) is 3. The highest BCUT2D eigenvalue weighted by molar-refractivity contribution is 5.92. The summed E-state index contributed by atoms with van der Waals surface area (Å²) in [5, 5.41) is 0. The Hall–Kier alpha value is -3.22. The van der Waals surface area contributed by atoms with E-state index in [4.69, 9.17) is 14.2 Å². The maximum Gasteiger partial charge on any atom is 0.338 e. The Balaban J connectivity index is 1.52. The third kappa shape index (κ3) is 5.29. The van der Waals surface area contributed by atoms with Crippen LogP contribution in [0, 0.1) is 13.8 Å². The van der Waals surface area contributed by atoms with Crippen molar-refractivity contribution in [3.8, 4) is 11.5 Å². The van der Waals surface area contributed by atoms with Gasteiger partial charge in [0.1, 0.15) is 0 Å². The van der Waals surface area contributed by atoms with Gasteiger partial charge in [0.15, 0.2) is 18.1 Å². The Morgan fingerprint density at radius 3 is 2.42 bits per heavy atom. The molecule has 0 spiro atoms. The number of carbonyl (C=O) groups excluding carboxylic acids is 2. The van der Waals surface area contributed by atoms with E-state index in [-0.39, 0.29) is 12.5 Å². The minimum atomic E-state index is -0.566. The average Bonchev–Trinajstić information content (AvgIpc) is 2.79. The second-order valence-electron chi connectivity index (χ2n) is 7.46. The lowest BCUT2D eigenvalue weighted by molar-refractivity contribution is -0.134. The molecule has 0 N–H and O–H groups in total. The maximum atomic E-state index is 12.5. The van der Waals surface area contributed by atoms with Crippen LogP contribution < -0.4 is 14.4 Å². The number of anilines is 1. The molecule has 0 aromatic heterocycles. The SMILES string of the molecule is CCOc1ccc(C(=O)OCC(=O)N2CCN(c3cccc(C)c3C)CC2)cc1OC. The first-order valence-electron chi connectivity index (χ1n) is 10.5. The highest BCUT2D eigenvalue weighted by Gasteiger charge is 2.23. The van der Waals surface area contributed by atoms with Crippen LogP contribution in [0.5, 0.6) is 11.5 Å². The molecule has 0 unspecified atom stereocenters. The number of rotatable bonds is 7. The molecule has 2 aromatic rings. The molecular formula is C24H30N2O5. The van der Waals surface area contributed by atoms with E-state index >= 15 is 0 Å². The molecule has 0 aliphatic carbocycles. The van der Waals surface area contributed by atoms with E-state index in [2.05, 4.69) is 36.9 Å². The molecule has 1 aliphatic heterocycles. The van der Waals surface area contributed by atoms with Crippen LogP contribution in [0.25, 0.3) is 0 Å². The molecule has 2 aromatic carbocycles. The number of nitrogens with zero attached hydrogens (tertiary/aromatic N) is 2. The zero-order valence-electron chi connectivity index (χ0n) is 18.6. The van der Waals surface area contributed by atoms with E-state index < -0.39 is 5.97 Å². The van der Waals surface area contributed by atoms with Crippen molar-refractivity contribution in [2.75, 3.05) is 51.4 Å². The second-order valence-corrected chi connectivity index (χ2v) is 7.46. The molecule has 7 heteroatoms. The summed E-state index contributed by atoms with van der Waals surface area (Å²) in [4.78, 5) is 29.0. The summed E-state index contributed by atoms with van der Waals surface area (Å²) in [6.07, 6.45) is 0. The van der Waals surface area contributed by atoms with E-state index in [1.807, 2.05) is 6.92 Å². The number of esters is 1. The normalized spacial score (nSPS) is 13.7. The Kier molecular flexibility index (Phi) is 7.39. The quantitative estimate of drug-likeness (QED) is 0.634. The minimum Gasteiger partial charge on any atom is -0.493 e. The van der Waals surface area contributed by atoms with Crippen molar-refractivity contribution in [3.05, 3.63) is 53.1 Å². The van der Waals surface area contributed by atoms with Gasteiger partial charge in [-0.25, -0.2) is 4.79 Å². The smallest absolute Gasteiger partial charge is 0.338 e. The van der Waals surface area contributed by atoms with Crippen LogP contribution in [0.4, 0.5) is 5.69 Å². The van der Waals surface area contributed by atoms with Gasteiger partial charge in [-0.1, -0.05) is 12.1 Å². The zero-order chi connectivity index (χ0) is 22.4. The molecule has 1 saturated heterocycles. The molecule has 166 valence electrons. The monoisotopic (exact) mass is 426 g/mol. The largest absolute Gasteiger partial charge is 0.493 e. The predicted octanol–water partition coefficient (Wildman–Crippen LogP) is 3.22. The molecule has 1 amide bonds. The third-order valence-corrected chi connectivity index (χ3v) is 5.58. The molecule has 31 heavy (non-hydrogen) atoms. The fraction of sp³-hybridized carbons (Fsp3) is 0.417. The first kappa shape index (κ1) is 22.5. The van der Waals surface area contributed by atoms with Crippen molar-refractivity contribution >= 4 is 17.6 Å². The first-order chi connectivity index (χ1) is 14.9. The van der Waals surface area contributed by atoms with Crippen molar-refractivity contribution in [2.24, 2.45) is 0 Å². The summed E-state index contributed by atoms with van der Waals surface area (Å²) in [5.41, 5.74) is 4.05. The molecule has 7 nitrogen and oxygen atoms in total. The Morgan fingerprint density at radius 2 is 1.74 bits per heavy atom. The van der Waals surface area contributed by atoms with E-state index in [0.29, 0.717) is 36.8 Å². The standard InChI is InChI=1S/C24H30N2O5/c1-5-30-21-10-9-19(15-22(21)29-4)24(28)31-16-23(27)26-13-11-25(12-14-26)20-8-6-7-17(2)18(20)3/h6-10,15H,5,11-14,16H2,1-4H3. The summed E-state index contributed by atoms with van der Waals surface area (Å²) >= 11 is 0. The molecule has 1 aliphatic rings. The van der Waals surface area contributed by atoms with Gasteiger partial charge < -0.3 is 24.0 Å². The number of piperazine rings is 1. The van der Waals surface area contributed by atoms with Crippen molar-refractivity contribution in [2.45, 2.75) is 20.8 Å². The highest BCUT2D eigenvalue weighted by Crippen LogP contribution is 2.28. The van der Waals surface area contributed by atoms with Gasteiger partial charge in [0.05, 0.1) is 19.3 Å². The van der Waals surface area contributed by atoms with E-state index in [1.54, 1.807) is 23.1 Å². The molecular weight excluding hydrogens is 396 g/mol. The molecule has 0 atom stereocenters. The average molecular weight is 427 g/mol. The van der Waals surface area contributed by atoms with Crippen LogP contribution in [0.15, 0.2) is 36.4 Å². The van der Waals surface area contributed by atoms with E-state index in [0.717, 1.165) is 13.1 Å². The van der Waals surface area contributed by atoms with Gasteiger partial charge in [-0.15, -0.1) is 0 Å². The maximum absolute atomic E-state index is 12.5. The van der Waals surface area contributed by atoms with Gasteiger partial charge in [-0.3, -0.25) is 4.79 Å². The fourth-order valence-corrected chi connectivity index (χ4v) is 3.65. The summed E-state index contributed by atoms with van der Waals surface area (Å²) in [6.45, 7) is 9.00. The lowest BCUT2D eigenvalue weighted by atomic mass is 10.1. The number of carbonyl (C=O) groups is 2. The first-order valence-corrected chi connectivity index (χ1v) is 10.5. The molecule has 1 heterocycles.